The first-order valence-corrected chi connectivity index (χ1v) is 7.43. The number of nitrogens with one attached hydrogen (secondary N) is 1. The van der Waals surface area contributed by atoms with Gasteiger partial charge in [-0.15, -0.1) is 0 Å². The monoisotopic (exact) mass is 377 g/mol. The summed E-state index contributed by atoms with van der Waals surface area (Å²) in [5.74, 6) is -0.288. The first kappa shape index (κ1) is 18.2. The summed E-state index contributed by atoms with van der Waals surface area (Å²) in [6, 6.07) is 8.25. The van der Waals surface area contributed by atoms with Gasteiger partial charge >= 0.3 is 5.69 Å². The maximum absolute atomic E-state index is 11.5. The van der Waals surface area contributed by atoms with E-state index in [9.17, 15) is 10.1 Å². The molecule has 1 aromatic carbocycles. The fourth-order valence-electron chi connectivity index (χ4n) is 1.96. The lowest BCUT2D eigenvalue weighted by molar-refractivity contribution is -0.383. The van der Waals surface area contributed by atoms with Crippen molar-refractivity contribution < 1.29 is 4.92 Å². The highest BCUT2D eigenvalue weighted by Gasteiger charge is 2.27. The second kappa shape index (κ2) is 8.11. The van der Waals surface area contributed by atoms with E-state index in [0.29, 0.717) is 10.7 Å². The van der Waals surface area contributed by atoms with Gasteiger partial charge in [0.2, 0.25) is 11.6 Å². The van der Waals surface area contributed by atoms with E-state index < -0.39 is 10.6 Å². The third-order valence-corrected chi connectivity index (χ3v) is 3.55. The zero-order valence-electron chi connectivity index (χ0n) is 12.5. The standard InChI is InChI=1S/C14H9Cl2N7O2/c15-9-1-2-10(16)11(7-9)21-13-12(23(24)25)14(20-8-19-13)22(5-3-17)6-4-18/h1-2,7-8H,5-6H2,(H,19,20,21). The molecule has 9 nitrogen and oxygen atoms in total. The van der Waals surface area contributed by atoms with Crippen LogP contribution in [0.15, 0.2) is 24.5 Å². The summed E-state index contributed by atoms with van der Waals surface area (Å²) in [5.41, 5.74) is -0.168. The summed E-state index contributed by atoms with van der Waals surface area (Å²) in [5, 5.41) is 32.7. The number of nitrogens with zero attached hydrogens (tertiary/aromatic N) is 6. The van der Waals surface area contributed by atoms with Crippen LogP contribution in [-0.4, -0.2) is 28.0 Å². The van der Waals surface area contributed by atoms with Gasteiger partial charge < -0.3 is 10.2 Å². The molecule has 0 radical (unpaired) electrons. The second-order valence-electron chi connectivity index (χ2n) is 4.57. The molecule has 0 unspecified atom stereocenters. The quantitative estimate of drug-likeness (QED) is 0.460. The van der Waals surface area contributed by atoms with Crippen molar-refractivity contribution in [3.63, 3.8) is 0 Å². The summed E-state index contributed by atoms with van der Waals surface area (Å²) in [4.78, 5) is 19.7. The first-order valence-electron chi connectivity index (χ1n) is 6.68. The Labute approximate surface area is 152 Å². The van der Waals surface area contributed by atoms with Gasteiger partial charge in [0.15, 0.2) is 0 Å². The highest BCUT2D eigenvalue weighted by atomic mass is 35.5. The predicted molar refractivity (Wildman–Crippen MR) is 91.9 cm³/mol. The second-order valence-corrected chi connectivity index (χ2v) is 5.42. The van der Waals surface area contributed by atoms with Crippen LogP contribution in [0.2, 0.25) is 10.0 Å². The highest BCUT2D eigenvalue weighted by molar-refractivity contribution is 6.35. The molecule has 0 bridgehead atoms. The van der Waals surface area contributed by atoms with Crippen molar-refractivity contribution in [2.45, 2.75) is 0 Å². The minimum atomic E-state index is -0.697. The van der Waals surface area contributed by atoms with Crippen molar-refractivity contribution in [1.82, 2.24) is 9.97 Å². The SMILES string of the molecule is N#CCN(CC#N)c1ncnc(Nc2cc(Cl)ccc2Cl)c1[N+](=O)[O-]. The number of rotatable bonds is 6. The average molecular weight is 378 g/mol. The number of benzene rings is 1. The van der Waals surface area contributed by atoms with Crippen molar-refractivity contribution >= 4 is 46.2 Å². The molecule has 0 saturated heterocycles. The van der Waals surface area contributed by atoms with E-state index in [2.05, 4.69) is 15.3 Å². The van der Waals surface area contributed by atoms with Crippen molar-refractivity contribution in [3.8, 4) is 12.1 Å². The van der Waals surface area contributed by atoms with Gasteiger partial charge in [-0.1, -0.05) is 23.2 Å². The molecule has 0 spiro atoms. The van der Waals surface area contributed by atoms with Crippen molar-refractivity contribution in [3.05, 3.63) is 44.7 Å². The summed E-state index contributed by atoms with van der Waals surface area (Å²) in [6.45, 7) is -0.494. The molecule has 2 rings (SSSR count). The number of halogens is 2. The topological polar surface area (TPSA) is 132 Å². The zero-order valence-corrected chi connectivity index (χ0v) is 14.0. The molecule has 25 heavy (non-hydrogen) atoms. The van der Waals surface area contributed by atoms with Crippen molar-refractivity contribution in [1.29, 1.82) is 10.5 Å². The van der Waals surface area contributed by atoms with E-state index in [1.807, 2.05) is 12.1 Å². The van der Waals surface area contributed by atoms with Gasteiger partial charge in [-0.05, 0) is 18.2 Å². The third kappa shape index (κ3) is 4.23. The van der Waals surface area contributed by atoms with Crippen molar-refractivity contribution in [2.75, 3.05) is 23.3 Å². The van der Waals surface area contributed by atoms with Crippen LogP contribution in [0.25, 0.3) is 0 Å². The Balaban J connectivity index is 2.54. The summed E-state index contributed by atoms with van der Waals surface area (Å²) in [6.07, 6.45) is 1.09. The van der Waals surface area contributed by atoms with Crippen LogP contribution < -0.4 is 10.2 Å². The van der Waals surface area contributed by atoms with E-state index >= 15 is 0 Å². The van der Waals surface area contributed by atoms with Crippen LogP contribution in [0.3, 0.4) is 0 Å². The Hall–Kier alpha value is -3.14. The molecule has 0 amide bonds. The zero-order chi connectivity index (χ0) is 18.4. The van der Waals surface area contributed by atoms with Crippen LogP contribution in [0, 0.1) is 32.8 Å². The molecule has 1 aromatic heterocycles. The lowest BCUT2D eigenvalue weighted by Gasteiger charge is -2.17. The lowest BCUT2D eigenvalue weighted by Crippen LogP contribution is -2.26. The molecule has 2 aromatic rings. The predicted octanol–water partition coefficient (Wildman–Crippen LogP) is 3.29. The number of nitro groups is 1. The van der Waals surface area contributed by atoms with Gasteiger partial charge in [-0.25, -0.2) is 9.97 Å². The van der Waals surface area contributed by atoms with Gasteiger partial charge in [0.05, 0.1) is 27.8 Å². The molecule has 11 heteroatoms. The minimum Gasteiger partial charge on any atom is -0.333 e. The fraction of sp³-hybridized carbons (Fsp3) is 0.143. The van der Waals surface area contributed by atoms with Crippen LogP contribution in [0.1, 0.15) is 0 Å². The van der Waals surface area contributed by atoms with Crippen LogP contribution >= 0.6 is 23.2 Å². The van der Waals surface area contributed by atoms with E-state index in [0.717, 1.165) is 6.33 Å². The Morgan fingerprint density at radius 1 is 1.24 bits per heavy atom. The fourth-order valence-corrected chi connectivity index (χ4v) is 2.29. The lowest BCUT2D eigenvalue weighted by atomic mass is 10.3. The van der Waals surface area contributed by atoms with Crippen molar-refractivity contribution in [2.24, 2.45) is 0 Å². The summed E-state index contributed by atoms with van der Waals surface area (Å²) < 4.78 is 0. The van der Waals surface area contributed by atoms with E-state index in [-0.39, 0.29) is 29.7 Å². The van der Waals surface area contributed by atoms with Gasteiger partial charge in [0.25, 0.3) is 0 Å². The van der Waals surface area contributed by atoms with Gasteiger partial charge in [-0.2, -0.15) is 10.5 Å². The summed E-state index contributed by atoms with van der Waals surface area (Å²) in [7, 11) is 0. The van der Waals surface area contributed by atoms with Gasteiger partial charge in [-0.3, -0.25) is 10.1 Å². The summed E-state index contributed by atoms with van der Waals surface area (Å²) >= 11 is 12.0. The average Bonchev–Trinajstić information content (AvgIpc) is 2.57. The van der Waals surface area contributed by atoms with Crippen LogP contribution in [0.5, 0.6) is 0 Å². The third-order valence-electron chi connectivity index (χ3n) is 2.99. The van der Waals surface area contributed by atoms with E-state index in [1.165, 1.54) is 17.0 Å². The van der Waals surface area contributed by atoms with Crippen LogP contribution in [0.4, 0.5) is 23.0 Å². The Kier molecular flexibility index (Phi) is 5.90. The number of hydrogen-bond donors (Lipinski definition) is 1. The normalized spacial score (nSPS) is 9.76. The molecule has 0 aliphatic rings. The van der Waals surface area contributed by atoms with Gasteiger partial charge in [0.1, 0.15) is 19.4 Å². The smallest absolute Gasteiger partial charge is 0.333 e. The molecular weight excluding hydrogens is 369 g/mol. The first-order chi connectivity index (χ1) is 12.0. The molecule has 1 heterocycles. The molecular formula is C14H9Cl2N7O2. The van der Waals surface area contributed by atoms with E-state index in [4.69, 9.17) is 33.7 Å². The largest absolute Gasteiger partial charge is 0.353 e. The Morgan fingerprint density at radius 3 is 2.52 bits per heavy atom. The molecule has 0 aliphatic heterocycles. The maximum Gasteiger partial charge on any atom is 0.353 e. The molecule has 1 N–H and O–H groups in total. The van der Waals surface area contributed by atoms with Gasteiger partial charge in [0, 0.05) is 5.02 Å². The molecule has 0 atom stereocenters. The maximum atomic E-state index is 11.5. The number of aromatic nitrogens is 2. The van der Waals surface area contributed by atoms with Crippen LogP contribution in [-0.2, 0) is 0 Å². The molecule has 0 aliphatic carbocycles. The molecule has 126 valence electrons. The Bertz CT molecular complexity index is 876. The number of hydrogen-bond acceptors (Lipinski definition) is 8. The van der Waals surface area contributed by atoms with E-state index in [1.54, 1.807) is 6.07 Å². The highest BCUT2D eigenvalue weighted by Crippen LogP contribution is 2.35. The minimum absolute atomic E-state index is 0.139. The number of anilines is 3. The number of nitriles is 2. The Morgan fingerprint density at radius 2 is 1.92 bits per heavy atom. The molecule has 0 saturated carbocycles. The molecule has 0 fully saturated rings.